The summed E-state index contributed by atoms with van der Waals surface area (Å²) in [6.07, 6.45) is -3.72. The van der Waals surface area contributed by atoms with E-state index in [0.717, 1.165) is 28.1 Å². The van der Waals surface area contributed by atoms with Crippen LogP contribution in [0.5, 0.6) is 0 Å². The highest BCUT2D eigenvalue weighted by Gasteiger charge is 2.35. The maximum absolute atomic E-state index is 12.7. The van der Waals surface area contributed by atoms with E-state index in [0.29, 0.717) is 23.3 Å². The Hall–Kier alpha value is -3.15. The first kappa shape index (κ1) is 25.9. The van der Waals surface area contributed by atoms with Gasteiger partial charge in [0.05, 0.1) is 22.0 Å². The number of nitrogens with two attached hydrogens (primary N) is 1. The summed E-state index contributed by atoms with van der Waals surface area (Å²) in [5.41, 5.74) is 11.5. The Bertz CT molecular complexity index is 1210. The molecule has 9 heteroatoms. The number of fused-ring (bicyclic) bond motifs is 1. The lowest BCUT2D eigenvalue weighted by molar-refractivity contribution is -0.153. The zero-order chi connectivity index (χ0) is 25.8. The summed E-state index contributed by atoms with van der Waals surface area (Å²) in [7, 11) is 0. The molecule has 3 atom stereocenters. The third kappa shape index (κ3) is 5.48. The SMILES string of the molecule is C[C@H](NC(=O)[C@H](O)[C@@H](O)C(=O)N1Cc2ccccc2C1)c1ccc(N(CI)c2ccccc2N)cc1. The van der Waals surface area contributed by atoms with Gasteiger partial charge in [0.1, 0.15) is 0 Å². The largest absolute Gasteiger partial charge is 0.397 e. The summed E-state index contributed by atoms with van der Waals surface area (Å²) < 4.78 is 0.692. The summed E-state index contributed by atoms with van der Waals surface area (Å²) in [5.74, 6) is -1.49. The van der Waals surface area contributed by atoms with E-state index < -0.39 is 30.1 Å². The molecule has 0 aromatic heterocycles. The van der Waals surface area contributed by atoms with Crippen LogP contribution >= 0.6 is 22.6 Å². The van der Waals surface area contributed by atoms with Crippen molar-refractivity contribution in [2.75, 3.05) is 15.2 Å². The van der Waals surface area contributed by atoms with Crippen molar-refractivity contribution >= 4 is 51.5 Å². The van der Waals surface area contributed by atoms with Gasteiger partial charge in [0, 0.05) is 18.8 Å². The summed E-state index contributed by atoms with van der Waals surface area (Å²) in [4.78, 5) is 28.9. The lowest BCUT2D eigenvalue weighted by Crippen LogP contribution is -2.50. The van der Waals surface area contributed by atoms with E-state index in [1.807, 2.05) is 72.8 Å². The average Bonchev–Trinajstić information content (AvgIpc) is 3.33. The average molecular weight is 600 g/mol. The summed E-state index contributed by atoms with van der Waals surface area (Å²) >= 11 is 2.27. The molecule has 2 amide bonds. The summed E-state index contributed by atoms with van der Waals surface area (Å²) in [6.45, 7) is 2.45. The molecular formula is C27H29IN4O4. The number of nitrogen functional groups attached to an aromatic ring is 1. The number of aliphatic hydroxyl groups is 2. The molecule has 3 aromatic rings. The number of carbonyl (C=O) groups is 2. The third-order valence-electron chi connectivity index (χ3n) is 6.38. The molecule has 188 valence electrons. The fourth-order valence-corrected chi connectivity index (χ4v) is 5.05. The molecule has 0 saturated heterocycles. The van der Waals surface area contributed by atoms with Crippen LogP contribution in [0.1, 0.15) is 29.7 Å². The third-order valence-corrected chi connectivity index (χ3v) is 7.07. The number of hydrogen-bond donors (Lipinski definition) is 4. The number of hydrogen-bond acceptors (Lipinski definition) is 6. The van der Waals surface area contributed by atoms with Crippen LogP contribution in [-0.4, -0.2) is 43.7 Å². The van der Waals surface area contributed by atoms with Gasteiger partial charge in [-0.2, -0.15) is 0 Å². The van der Waals surface area contributed by atoms with Crippen LogP contribution in [0, 0.1) is 0 Å². The van der Waals surface area contributed by atoms with Gasteiger partial charge >= 0.3 is 0 Å². The predicted molar refractivity (Wildman–Crippen MR) is 148 cm³/mol. The van der Waals surface area contributed by atoms with Gasteiger partial charge in [0.25, 0.3) is 11.8 Å². The second-order valence-electron chi connectivity index (χ2n) is 8.78. The van der Waals surface area contributed by atoms with Gasteiger partial charge in [0.15, 0.2) is 12.2 Å². The van der Waals surface area contributed by atoms with Crippen molar-refractivity contribution in [3.8, 4) is 0 Å². The molecule has 1 heterocycles. The van der Waals surface area contributed by atoms with Crippen molar-refractivity contribution in [2.24, 2.45) is 0 Å². The van der Waals surface area contributed by atoms with Crippen LogP contribution in [-0.2, 0) is 22.7 Å². The Kier molecular flexibility index (Phi) is 8.12. The van der Waals surface area contributed by atoms with Crippen molar-refractivity contribution < 1.29 is 19.8 Å². The maximum Gasteiger partial charge on any atom is 0.255 e. The second kappa shape index (κ2) is 11.3. The monoisotopic (exact) mass is 600 g/mol. The molecule has 0 fully saturated rings. The van der Waals surface area contributed by atoms with Gasteiger partial charge in [-0.25, -0.2) is 0 Å². The second-order valence-corrected chi connectivity index (χ2v) is 9.46. The minimum Gasteiger partial charge on any atom is -0.397 e. The number of nitrogens with one attached hydrogen (secondary N) is 1. The number of aliphatic hydroxyl groups excluding tert-OH is 2. The van der Waals surface area contributed by atoms with Crippen molar-refractivity contribution in [3.63, 3.8) is 0 Å². The number of halogens is 1. The summed E-state index contributed by atoms with van der Waals surface area (Å²) in [6, 6.07) is 22.4. The topological polar surface area (TPSA) is 119 Å². The van der Waals surface area contributed by atoms with Crippen molar-refractivity contribution in [1.29, 1.82) is 0 Å². The van der Waals surface area contributed by atoms with E-state index >= 15 is 0 Å². The van der Waals surface area contributed by atoms with Crippen LogP contribution in [0.2, 0.25) is 0 Å². The van der Waals surface area contributed by atoms with Gasteiger partial charge in [-0.15, -0.1) is 0 Å². The lowest BCUT2D eigenvalue weighted by Gasteiger charge is -2.25. The number of para-hydroxylation sites is 2. The molecule has 1 aliphatic heterocycles. The van der Waals surface area contributed by atoms with Gasteiger partial charge in [-0.1, -0.05) is 71.1 Å². The Morgan fingerprint density at radius 3 is 2.14 bits per heavy atom. The van der Waals surface area contributed by atoms with Crippen molar-refractivity contribution in [1.82, 2.24) is 10.2 Å². The fourth-order valence-electron chi connectivity index (χ4n) is 4.29. The van der Waals surface area contributed by atoms with E-state index in [-0.39, 0.29) is 0 Å². The van der Waals surface area contributed by atoms with Crippen LogP contribution in [0.4, 0.5) is 17.1 Å². The van der Waals surface area contributed by atoms with E-state index in [2.05, 4.69) is 32.8 Å². The minimum absolute atomic E-state index is 0.339. The summed E-state index contributed by atoms with van der Waals surface area (Å²) in [5, 5.41) is 23.5. The molecule has 0 saturated carbocycles. The van der Waals surface area contributed by atoms with Crippen molar-refractivity contribution in [3.05, 3.63) is 89.5 Å². The first-order valence-electron chi connectivity index (χ1n) is 11.6. The lowest BCUT2D eigenvalue weighted by atomic mass is 10.1. The molecule has 5 N–H and O–H groups in total. The first-order chi connectivity index (χ1) is 17.3. The van der Waals surface area contributed by atoms with E-state index in [1.54, 1.807) is 6.92 Å². The van der Waals surface area contributed by atoms with E-state index in [4.69, 9.17) is 5.73 Å². The molecule has 4 rings (SSSR count). The van der Waals surface area contributed by atoms with Gasteiger partial charge < -0.3 is 31.1 Å². The fraction of sp³-hybridized carbons (Fsp3) is 0.259. The first-order valence-corrected chi connectivity index (χ1v) is 13.1. The van der Waals surface area contributed by atoms with E-state index in [9.17, 15) is 19.8 Å². The molecule has 1 aliphatic rings. The Labute approximate surface area is 223 Å². The number of alkyl halides is 1. The number of benzene rings is 3. The molecule has 36 heavy (non-hydrogen) atoms. The predicted octanol–water partition coefficient (Wildman–Crippen LogP) is 3.24. The highest BCUT2D eigenvalue weighted by atomic mass is 127. The molecule has 0 bridgehead atoms. The van der Waals surface area contributed by atoms with Crippen LogP contribution < -0.4 is 16.0 Å². The number of amides is 2. The van der Waals surface area contributed by atoms with Gasteiger partial charge in [-0.05, 0) is 47.9 Å². The number of rotatable bonds is 8. The number of carbonyl (C=O) groups excluding carboxylic acids is 2. The quantitative estimate of drug-likeness (QED) is 0.137. The maximum atomic E-state index is 12.7. The Morgan fingerprint density at radius 2 is 1.56 bits per heavy atom. The zero-order valence-corrected chi connectivity index (χ0v) is 22.0. The highest BCUT2D eigenvalue weighted by Crippen LogP contribution is 2.31. The van der Waals surface area contributed by atoms with E-state index in [1.165, 1.54) is 4.90 Å². The van der Waals surface area contributed by atoms with Gasteiger partial charge in [0.2, 0.25) is 0 Å². The Balaban J connectivity index is 1.37. The molecule has 8 nitrogen and oxygen atoms in total. The zero-order valence-electron chi connectivity index (χ0n) is 19.8. The van der Waals surface area contributed by atoms with Crippen LogP contribution in [0.15, 0.2) is 72.8 Å². The molecular weight excluding hydrogens is 571 g/mol. The molecule has 3 aromatic carbocycles. The van der Waals surface area contributed by atoms with Crippen LogP contribution in [0.25, 0.3) is 0 Å². The highest BCUT2D eigenvalue weighted by molar-refractivity contribution is 14.1. The molecule has 0 aliphatic carbocycles. The smallest absolute Gasteiger partial charge is 0.255 e. The molecule has 0 spiro atoms. The molecule has 0 radical (unpaired) electrons. The number of nitrogens with zero attached hydrogens (tertiary/aromatic N) is 2. The van der Waals surface area contributed by atoms with Gasteiger partial charge in [-0.3, -0.25) is 9.59 Å². The Morgan fingerprint density at radius 1 is 0.972 bits per heavy atom. The standard InChI is InChI=1S/C27H29IN4O4/c1-17(18-10-12-21(13-11-18)32(16-28)23-9-5-4-8-22(23)29)30-26(35)24(33)25(34)27(36)31-14-19-6-2-3-7-20(19)15-31/h2-13,17,24-25,33-34H,14-16,29H2,1H3,(H,30,35)/t17-,24+,25+/m0/s1. The number of anilines is 3. The van der Waals surface area contributed by atoms with Crippen molar-refractivity contribution in [2.45, 2.75) is 38.3 Å². The van der Waals surface area contributed by atoms with Crippen LogP contribution in [0.3, 0.4) is 0 Å². The minimum atomic E-state index is -1.88. The normalized spacial score (nSPS) is 15.1. The molecule has 0 unspecified atom stereocenters.